The maximum absolute atomic E-state index is 12.3. The van der Waals surface area contributed by atoms with Crippen LogP contribution in [0.4, 0.5) is 18.9 Å². The van der Waals surface area contributed by atoms with Crippen LogP contribution in [-0.2, 0) is 14.3 Å². The van der Waals surface area contributed by atoms with Gasteiger partial charge in [-0.05, 0) is 25.0 Å². The molecule has 0 aliphatic carbocycles. The van der Waals surface area contributed by atoms with Crippen molar-refractivity contribution < 1.29 is 32.2 Å². The monoisotopic (exact) mass is 344 g/mol. The van der Waals surface area contributed by atoms with E-state index in [1.165, 1.54) is 12.1 Å². The number of hydrogen-bond donors (Lipinski definition) is 1. The zero-order chi connectivity index (χ0) is 17.6. The molecule has 1 saturated heterocycles. The summed E-state index contributed by atoms with van der Waals surface area (Å²) in [5.74, 6) is -1.27. The maximum atomic E-state index is 12.3. The minimum Gasteiger partial charge on any atom is -0.404 e. The van der Waals surface area contributed by atoms with Crippen molar-refractivity contribution in [2.75, 3.05) is 25.1 Å². The van der Waals surface area contributed by atoms with Crippen LogP contribution in [0.3, 0.4) is 0 Å². The highest BCUT2D eigenvalue weighted by Crippen LogP contribution is 2.30. The van der Waals surface area contributed by atoms with E-state index in [-0.39, 0.29) is 25.0 Å². The normalized spacial score (nSPS) is 17.3. The molecule has 1 aliphatic heterocycles. The summed E-state index contributed by atoms with van der Waals surface area (Å²) in [5, 5.41) is 11.4. The molecule has 2 rings (SSSR count). The highest BCUT2D eigenvalue weighted by molar-refractivity contribution is 5.93. The second kappa shape index (κ2) is 7.99. The Hall–Kier alpha value is -2.31. The van der Waals surface area contributed by atoms with Crippen LogP contribution in [-0.4, -0.2) is 38.2 Å². The van der Waals surface area contributed by atoms with E-state index < -0.39 is 23.6 Å². The zero-order valence-electron chi connectivity index (χ0n) is 12.6. The average Bonchev–Trinajstić information content (AvgIpc) is 2.99. The molecule has 0 spiro atoms. The molecule has 0 saturated carbocycles. The van der Waals surface area contributed by atoms with E-state index in [0.717, 1.165) is 18.9 Å². The summed E-state index contributed by atoms with van der Waals surface area (Å²) < 4.78 is 51.3. The fourth-order valence-electron chi connectivity index (χ4n) is 2.21. The van der Waals surface area contributed by atoms with E-state index in [1.807, 2.05) is 0 Å². The predicted octanol–water partition coefficient (Wildman–Crippen LogP) is 2.59. The van der Waals surface area contributed by atoms with Gasteiger partial charge in [0.15, 0.2) is 0 Å². The number of carbonyl (C=O) groups excluding carboxylic acids is 1. The molecule has 24 heavy (non-hydrogen) atoms. The Kier molecular flexibility index (Phi) is 6.00. The number of ether oxygens (including phenoxy) is 3. The van der Waals surface area contributed by atoms with Gasteiger partial charge in [0.1, 0.15) is 24.0 Å². The lowest BCUT2D eigenvalue weighted by Gasteiger charge is -2.14. The third-order valence-electron chi connectivity index (χ3n) is 3.20. The molecule has 1 heterocycles. The first kappa shape index (κ1) is 18.0. The lowest BCUT2D eigenvalue weighted by molar-refractivity contribution is -0.274. The molecular weight excluding hydrogens is 329 g/mol. The molecule has 6 nitrogen and oxygen atoms in total. The van der Waals surface area contributed by atoms with E-state index in [0.29, 0.717) is 6.61 Å². The van der Waals surface area contributed by atoms with Gasteiger partial charge in [-0.25, -0.2) is 0 Å². The van der Waals surface area contributed by atoms with E-state index in [9.17, 15) is 18.0 Å². The van der Waals surface area contributed by atoms with E-state index >= 15 is 0 Å². The largest absolute Gasteiger partial charge is 0.573 e. The number of benzene rings is 1. The van der Waals surface area contributed by atoms with Crippen LogP contribution in [0.5, 0.6) is 5.75 Å². The Labute approximate surface area is 136 Å². The smallest absolute Gasteiger partial charge is 0.404 e. The first-order chi connectivity index (χ1) is 11.4. The van der Waals surface area contributed by atoms with Crippen molar-refractivity contribution in [1.29, 1.82) is 5.26 Å². The van der Waals surface area contributed by atoms with Crippen molar-refractivity contribution in [3.63, 3.8) is 0 Å². The SMILES string of the molecule is N#Cc1c(NC(=O)COCC2CCCO2)cccc1OC(F)(F)F. The molecule has 1 aromatic rings. The van der Waals surface area contributed by atoms with E-state index in [2.05, 4.69) is 10.1 Å². The second-order valence-corrected chi connectivity index (χ2v) is 5.04. The maximum Gasteiger partial charge on any atom is 0.573 e. The van der Waals surface area contributed by atoms with Crippen molar-refractivity contribution in [2.45, 2.75) is 25.3 Å². The topological polar surface area (TPSA) is 80.6 Å². The summed E-state index contributed by atoms with van der Waals surface area (Å²) in [7, 11) is 0. The molecule has 1 amide bonds. The van der Waals surface area contributed by atoms with Gasteiger partial charge < -0.3 is 19.5 Å². The van der Waals surface area contributed by atoms with Gasteiger partial charge in [0.25, 0.3) is 0 Å². The number of nitriles is 1. The second-order valence-electron chi connectivity index (χ2n) is 5.04. The van der Waals surface area contributed by atoms with E-state index in [4.69, 9.17) is 14.7 Å². The van der Waals surface area contributed by atoms with Gasteiger partial charge in [0.2, 0.25) is 5.91 Å². The van der Waals surface area contributed by atoms with Crippen molar-refractivity contribution in [3.8, 4) is 11.8 Å². The molecule has 1 N–H and O–H groups in total. The third kappa shape index (κ3) is 5.40. The number of halogens is 3. The molecule has 0 radical (unpaired) electrons. The molecule has 1 aromatic carbocycles. The number of nitrogens with one attached hydrogen (secondary N) is 1. The van der Waals surface area contributed by atoms with Gasteiger partial charge in [0.05, 0.1) is 18.4 Å². The molecule has 9 heteroatoms. The lowest BCUT2D eigenvalue weighted by Crippen LogP contribution is -2.23. The summed E-state index contributed by atoms with van der Waals surface area (Å²) in [6.07, 6.45) is -3.18. The number of rotatable bonds is 6. The summed E-state index contributed by atoms with van der Waals surface area (Å²) in [6.45, 7) is 0.628. The Morgan fingerprint density at radius 1 is 1.46 bits per heavy atom. The Morgan fingerprint density at radius 2 is 2.25 bits per heavy atom. The Bertz CT molecular complexity index is 622. The van der Waals surface area contributed by atoms with Crippen molar-refractivity contribution in [2.24, 2.45) is 0 Å². The molecule has 0 aromatic heterocycles. The summed E-state index contributed by atoms with van der Waals surface area (Å²) >= 11 is 0. The number of alkyl halides is 3. The quantitative estimate of drug-likeness (QED) is 0.858. The van der Waals surface area contributed by atoms with Crippen LogP contribution in [0, 0.1) is 11.3 Å². The average molecular weight is 344 g/mol. The van der Waals surface area contributed by atoms with E-state index in [1.54, 1.807) is 6.07 Å². The van der Waals surface area contributed by atoms with Crippen LogP contribution in [0.2, 0.25) is 0 Å². The third-order valence-corrected chi connectivity index (χ3v) is 3.20. The number of carbonyl (C=O) groups is 1. The molecule has 0 bridgehead atoms. The number of hydrogen-bond acceptors (Lipinski definition) is 5. The van der Waals surface area contributed by atoms with Crippen LogP contribution >= 0.6 is 0 Å². The first-order valence-corrected chi connectivity index (χ1v) is 7.17. The fourth-order valence-corrected chi connectivity index (χ4v) is 2.21. The minimum atomic E-state index is -4.93. The van der Waals surface area contributed by atoms with Crippen LogP contribution in [0.25, 0.3) is 0 Å². The highest BCUT2D eigenvalue weighted by atomic mass is 19.4. The molecular formula is C15H15F3N2O4. The lowest BCUT2D eigenvalue weighted by atomic mass is 10.1. The molecule has 1 unspecified atom stereocenters. The molecule has 1 fully saturated rings. The number of nitrogens with zero attached hydrogens (tertiary/aromatic N) is 1. The van der Waals surface area contributed by atoms with Gasteiger partial charge in [0, 0.05) is 6.61 Å². The molecule has 130 valence electrons. The van der Waals surface area contributed by atoms with Crippen molar-refractivity contribution in [3.05, 3.63) is 23.8 Å². The summed E-state index contributed by atoms with van der Waals surface area (Å²) in [6, 6.07) is 5.13. The van der Waals surface area contributed by atoms with Gasteiger partial charge in [-0.2, -0.15) is 5.26 Å². The zero-order valence-corrected chi connectivity index (χ0v) is 12.6. The van der Waals surface area contributed by atoms with Gasteiger partial charge >= 0.3 is 6.36 Å². The van der Waals surface area contributed by atoms with Crippen LogP contribution < -0.4 is 10.1 Å². The number of anilines is 1. The highest BCUT2D eigenvalue weighted by Gasteiger charge is 2.32. The van der Waals surface area contributed by atoms with Gasteiger partial charge in [-0.15, -0.1) is 13.2 Å². The van der Waals surface area contributed by atoms with Gasteiger partial charge in [-0.1, -0.05) is 6.07 Å². The fraction of sp³-hybridized carbons (Fsp3) is 0.467. The predicted molar refractivity (Wildman–Crippen MR) is 76.3 cm³/mol. The van der Waals surface area contributed by atoms with Crippen molar-refractivity contribution in [1.82, 2.24) is 0 Å². The van der Waals surface area contributed by atoms with Crippen LogP contribution in [0.1, 0.15) is 18.4 Å². The Morgan fingerprint density at radius 3 is 2.88 bits per heavy atom. The summed E-state index contributed by atoms with van der Waals surface area (Å²) in [5.41, 5.74) is -0.493. The molecule has 1 aliphatic rings. The molecule has 1 atom stereocenters. The first-order valence-electron chi connectivity index (χ1n) is 7.17. The standard InChI is InChI=1S/C15H15F3N2O4/c16-15(17,18)24-13-5-1-4-12(11(13)7-19)20-14(21)9-22-8-10-3-2-6-23-10/h1,4-5,10H,2-3,6,8-9H2,(H,20,21). The van der Waals surface area contributed by atoms with Crippen molar-refractivity contribution >= 4 is 11.6 Å². The van der Waals surface area contributed by atoms with Gasteiger partial charge in [-0.3, -0.25) is 4.79 Å². The number of amides is 1. The minimum absolute atomic E-state index is 0.0454. The van der Waals surface area contributed by atoms with Crippen LogP contribution in [0.15, 0.2) is 18.2 Å². The summed E-state index contributed by atoms with van der Waals surface area (Å²) in [4.78, 5) is 11.8. The Balaban J connectivity index is 1.94.